The smallest absolute Gasteiger partial charge is 0.299 e. The minimum Gasteiger partial charge on any atom is -0.381 e. The molecule has 0 amide bonds. The van der Waals surface area contributed by atoms with E-state index in [-0.39, 0.29) is 34.9 Å². The summed E-state index contributed by atoms with van der Waals surface area (Å²) in [5, 5.41) is 12.3. The van der Waals surface area contributed by atoms with E-state index in [0.717, 1.165) is 42.5 Å². The second-order valence-corrected chi connectivity index (χ2v) is 21.5. The first kappa shape index (κ1) is 33.4. The Morgan fingerprint density at radius 3 is 2.38 bits per heavy atom. The highest BCUT2D eigenvalue weighted by Gasteiger charge is 2.33. The Bertz CT molecular complexity index is 1640. The lowest BCUT2D eigenvalue weighted by molar-refractivity contribution is -0.385. The van der Waals surface area contributed by atoms with Gasteiger partial charge in [-0.1, -0.05) is 43.9 Å². The van der Waals surface area contributed by atoms with Crippen LogP contribution >= 0.6 is 0 Å². The summed E-state index contributed by atoms with van der Waals surface area (Å²) in [6.45, 7) is 10.8. The number of hydrogen-bond acceptors (Lipinski definition) is 9. The summed E-state index contributed by atoms with van der Waals surface area (Å²) >= 11 is 0. The van der Waals surface area contributed by atoms with Crippen molar-refractivity contribution in [3.05, 3.63) is 57.8 Å². The molecular weight excluding hydrogens is 613 g/mol. The number of Topliss-reactive ketones (excluding diaryl/α,β-unsaturated/α-hetero) is 1. The van der Waals surface area contributed by atoms with Gasteiger partial charge >= 0.3 is 0 Å². The van der Waals surface area contributed by atoms with Gasteiger partial charge in [0, 0.05) is 52.0 Å². The molecule has 2 aromatic heterocycles. The van der Waals surface area contributed by atoms with Gasteiger partial charge in [-0.2, -0.15) is 0 Å². The van der Waals surface area contributed by atoms with Crippen molar-refractivity contribution in [2.24, 2.45) is 5.92 Å². The van der Waals surface area contributed by atoms with Gasteiger partial charge in [-0.05, 0) is 62.0 Å². The van der Waals surface area contributed by atoms with E-state index in [4.69, 9.17) is 9.47 Å². The summed E-state index contributed by atoms with van der Waals surface area (Å²) in [7, 11) is -4.34. The number of nitro groups is 1. The topological polar surface area (TPSA) is 134 Å². The van der Waals surface area contributed by atoms with Crippen molar-refractivity contribution in [2.75, 3.05) is 39.2 Å². The SMILES string of the molecule is C[Si](C)(C)CCOCn1c(-c2ccc(CN3CCC(S(C)(=O)=O)CC3)cc2)cc2c(C(=O)C3CCOCC3)c([N+](=O)[O-])cnc21. The van der Waals surface area contributed by atoms with Gasteiger partial charge in [0.15, 0.2) is 5.78 Å². The van der Waals surface area contributed by atoms with Crippen LogP contribution < -0.4 is 0 Å². The molecular formula is C32H44N4O7SSi. The third kappa shape index (κ3) is 8.06. The van der Waals surface area contributed by atoms with Crippen molar-refractivity contribution in [3.63, 3.8) is 0 Å². The highest BCUT2D eigenvalue weighted by atomic mass is 32.2. The lowest BCUT2D eigenvalue weighted by Crippen LogP contribution is -2.38. The molecule has 0 aliphatic carbocycles. The van der Waals surface area contributed by atoms with Crippen molar-refractivity contribution >= 4 is 40.4 Å². The zero-order valence-corrected chi connectivity index (χ0v) is 28.5. The van der Waals surface area contributed by atoms with E-state index >= 15 is 0 Å². The molecule has 0 bridgehead atoms. The second kappa shape index (κ2) is 13.8. The molecule has 1 aromatic carbocycles. The van der Waals surface area contributed by atoms with Crippen molar-refractivity contribution in [2.45, 2.75) is 69.9 Å². The summed E-state index contributed by atoms with van der Waals surface area (Å²) in [5.41, 5.74) is 3.07. The highest BCUT2D eigenvalue weighted by molar-refractivity contribution is 7.91. The fourth-order valence-electron chi connectivity index (χ4n) is 6.19. The van der Waals surface area contributed by atoms with Crippen LogP contribution in [0.3, 0.4) is 0 Å². The fourth-order valence-corrected chi connectivity index (χ4v) is 8.01. The van der Waals surface area contributed by atoms with Crippen molar-refractivity contribution in [3.8, 4) is 11.3 Å². The largest absolute Gasteiger partial charge is 0.381 e. The minimum absolute atomic E-state index is 0.105. The third-order valence-electron chi connectivity index (χ3n) is 8.95. The number of hydrogen-bond donors (Lipinski definition) is 0. The summed E-state index contributed by atoms with van der Waals surface area (Å²) in [5.74, 6) is -0.583. The highest BCUT2D eigenvalue weighted by Crippen LogP contribution is 2.36. The number of fused-ring (bicyclic) bond motifs is 1. The molecule has 244 valence electrons. The van der Waals surface area contributed by atoms with Gasteiger partial charge in [-0.3, -0.25) is 19.8 Å². The minimum atomic E-state index is -3.02. The predicted octanol–water partition coefficient (Wildman–Crippen LogP) is 5.54. The number of carbonyl (C=O) groups is 1. The Labute approximate surface area is 266 Å². The maximum Gasteiger partial charge on any atom is 0.299 e. The molecule has 3 aromatic rings. The molecule has 2 saturated heterocycles. The summed E-state index contributed by atoms with van der Waals surface area (Å²) in [6, 6.07) is 11.0. The summed E-state index contributed by atoms with van der Waals surface area (Å²) < 4.78 is 37.4. The predicted molar refractivity (Wildman–Crippen MR) is 177 cm³/mol. The van der Waals surface area contributed by atoms with E-state index in [2.05, 4.69) is 41.7 Å². The Balaban J connectivity index is 1.47. The van der Waals surface area contributed by atoms with Crippen LogP contribution in [0.4, 0.5) is 5.69 Å². The van der Waals surface area contributed by atoms with E-state index < -0.39 is 22.8 Å². The number of carbonyl (C=O) groups excluding carboxylic acids is 1. The molecule has 0 atom stereocenters. The Morgan fingerprint density at radius 1 is 1.11 bits per heavy atom. The molecule has 0 saturated carbocycles. The number of nitrogens with zero attached hydrogens (tertiary/aromatic N) is 4. The number of rotatable bonds is 12. The quantitative estimate of drug-likeness (QED) is 0.0810. The first-order valence-electron chi connectivity index (χ1n) is 15.7. The molecule has 2 aliphatic rings. The van der Waals surface area contributed by atoms with Gasteiger partial charge in [-0.25, -0.2) is 13.4 Å². The number of ether oxygens (including phenoxy) is 2. The zero-order chi connectivity index (χ0) is 32.4. The first-order chi connectivity index (χ1) is 21.3. The number of pyridine rings is 1. The van der Waals surface area contributed by atoms with Crippen LogP contribution in [0, 0.1) is 16.0 Å². The molecule has 0 radical (unpaired) electrons. The van der Waals surface area contributed by atoms with E-state index in [1.165, 1.54) is 12.5 Å². The molecule has 5 rings (SSSR count). The maximum atomic E-state index is 13.8. The second-order valence-electron chi connectivity index (χ2n) is 13.6. The number of piperidine rings is 1. The molecule has 45 heavy (non-hydrogen) atoms. The molecule has 11 nitrogen and oxygen atoms in total. The van der Waals surface area contributed by atoms with Gasteiger partial charge in [0.2, 0.25) is 0 Å². The number of ketones is 1. The normalized spacial score (nSPS) is 17.6. The van der Waals surface area contributed by atoms with Gasteiger partial charge < -0.3 is 14.0 Å². The first-order valence-corrected chi connectivity index (χ1v) is 21.3. The number of sulfone groups is 1. The molecule has 0 spiro atoms. The lowest BCUT2D eigenvalue weighted by atomic mass is 9.89. The molecule has 2 aliphatic heterocycles. The van der Waals surface area contributed by atoms with E-state index in [1.807, 2.05) is 22.8 Å². The summed E-state index contributed by atoms with van der Waals surface area (Å²) in [4.78, 5) is 32.2. The van der Waals surface area contributed by atoms with Crippen LogP contribution in [-0.2, 0) is 32.6 Å². The monoisotopic (exact) mass is 656 g/mol. The van der Waals surface area contributed by atoms with Crippen LogP contribution in [0.15, 0.2) is 36.5 Å². The van der Waals surface area contributed by atoms with Crippen LogP contribution in [0.25, 0.3) is 22.3 Å². The van der Waals surface area contributed by atoms with Crippen molar-refractivity contribution < 1.29 is 27.6 Å². The molecule has 0 unspecified atom stereocenters. The maximum absolute atomic E-state index is 13.8. The van der Waals surface area contributed by atoms with E-state index in [0.29, 0.717) is 56.5 Å². The van der Waals surface area contributed by atoms with Crippen molar-refractivity contribution in [1.29, 1.82) is 0 Å². The van der Waals surface area contributed by atoms with E-state index in [1.54, 1.807) is 0 Å². The van der Waals surface area contributed by atoms with Crippen LogP contribution in [0.2, 0.25) is 25.7 Å². The Kier molecular flexibility index (Phi) is 10.2. The van der Waals surface area contributed by atoms with E-state index in [9.17, 15) is 23.3 Å². The average molecular weight is 657 g/mol. The van der Waals surface area contributed by atoms with Crippen LogP contribution in [0.1, 0.15) is 41.6 Å². The number of benzene rings is 1. The van der Waals surface area contributed by atoms with Crippen LogP contribution in [-0.4, -0.2) is 86.1 Å². The third-order valence-corrected chi connectivity index (χ3v) is 12.3. The molecule has 2 fully saturated rings. The lowest BCUT2D eigenvalue weighted by Gasteiger charge is -2.31. The Morgan fingerprint density at radius 2 is 1.78 bits per heavy atom. The van der Waals surface area contributed by atoms with Gasteiger partial charge in [0.1, 0.15) is 34.0 Å². The number of aromatic nitrogens is 2. The zero-order valence-electron chi connectivity index (χ0n) is 26.7. The van der Waals surface area contributed by atoms with Crippen molar-refractivity contribution in [1.82, 2.24) is 14.5 Å². The molecule has 4 heterocycles. The summed E-state index contributed by atoms with van der Waals surface area (Å²) in [6.07, 6.45) is 4.86. The van der Waals surface area contributed by atoms with Gasteiger partial charge in [-0.15, -0.1) is 0 Å². The molecule has 0 N–H and O–H groups in total. The Hall–Kier alpha value is -2.97. The van der Waals surface area contributed by atoms with Gasteiger partial charge in [0.25, 0.3) is 5.69 Å². The van der Waals surface area contributed by atoms with Gasteiger partial charge in [0.05, 0.1) is 15.9 Å². The molecule has 13 heteroatoms. The standard InChI is InChI=1S/C32H44N4O7SSi/c1-44(40,41)26-9-13-34(14-10-26)21-23-5-7-24(8-6-23)28-19-27-30(31(37)25-11-15-42-16-12-25)29(36(38)39)20-33-32(27)35(28)22-43-17-18-45(2,3)4/h5-8,19-20,25-26H,9-18,21-22H2,1-4H3. The number of likely N-dealkylation sites (tertiary alicyclic amines) is 1. The van der Waals surface area contributed by atoms with Crippen LogP contribution in [0.5, 0.6) is 0 Å². The average Bonchev–Trinajstić information content (AvgIpc) is 3.37. The fraction of sp³-hybridized carbons (Fsp3) is 0.562.